The van der Waals surface area contributed by atoms with Crippen LogP contribution in [0.3, 0.4) is 0 Å². The van der Waals surface area contributed by atoms with Gasteiger partial charge in [0, 0.05) is 23.3 Å². The molecular formula is C11H16N2. The van der Waals surface area contributed by atoms with Crippen LogP contribution < -0.4 is 5.73 Å². The van der Waals surface area contributed by atoms with Crippen LogP contribution in [0.4, 0.5) is 0 Å². The van der Waals surface area contributed by atoms with E-state index in [-0.39, 0.29) is 0 Å². The van der Waals surface area contributed by atoms with Crippen LogP contribution in [0, 0.1) is 6.92 Å². The molecule has 0 bridgehead atoms. The molecule has 0 saturated heterocycles. The molecule has 1 aliphatic carbocycles. The Hall–Kier alpha value is -0.890. The number of aryl methyl sites for hydroxylation is 1. The Labute approximate surface area is 79.2 Å². The van der Waals surface area contributed by atoms with E-state index in [1.54, 1.807) is 0 Å². The van der Waals surface area contributed by atoms with E-state index in [0.717, 1.165) is 18.5 Å². The predicted octanol–water partition coefficient (Wildman–Crippen LogP) is 1.98. The molecule has 1 fully saturated rings. The van der Waals surface area contributed by atoms with Crippen molar-refractivity contribution in [3.05, 3.63) is 29.6 Å². The molecule has 0 aromatic carbocycles. The standard InChI is InChI=1S/C11H16N2/c1-8-3-2-4-11(13-8)9-5-6-10(12)7-9/h2-4,9-10H,5-7,12H2,1H3. The minimum Gasteiger partial charge on any atom is -0.328 e. The number of rotatable bonds is 1. The van der Waals surface area contributed by atoms with E-state index in [1.165, 1.54) is 12.1 Å². The third-order valence-corrected chi connectivity index (χ3v) is 2.80. The van der Waals surface area contributed by atoms with Crippen molar-refractivity contribution in [3.63, 3.8) is 0 Å². The van der Waals surface area contributed by atoms with Gasteiger partial charge >= 0.3 is 0 Å². The van der Waals surface area contributed by atoms with E-state index in [2.05, 4.69) is 17.1 Å². The van der Waals surface area contributed by atoms with E-state index in [9.17, 15) is 0 Å². The van der Waals surface area contributed by atoms with Crippen molar-refractivity contribution in [2.45, 2.75) is 38.1 Å². The van der Waals surface area contributed by atoms with Gasteiger partial charge in [-0.3, -0.25) is 4.98 Å². The molecule has 1 heterocycles. The Morgan fingerprint density at radius 1 is 1.38 bits per heavy atom. The quantitative estimate of drug-likeness (QED) is 0.710. The fourth-order valence-electron chi connectivity index (χ4n) is 2.08. The van der Waals surface area contributed by atoms with Crippen LogP contribution in [0.1, 0.15) is 36.6 Å². The molecule has 0 amide bonds. The highest BCUT2D eigenvalue weighted by Crippen LogP contribution is 2.32. The summed E-state index contributed by atoms with van der Waals surface area (Å²) < 4.78 is 0. The van der Waals surface area contributed by atoms with Gasteiger partial charge in [0.25, 0.3) is 0 Å². The molecule has 2 unspecified atom stereocenters. The van der Waals surface area contributed by atoms with Crippen molar-refractivity contribution in [1.29, 1.82) is 0 Å². The molecule has 1 aliphatic rings. The van der Waals surface area contributed by atoms with E-state index in [0.29, 0.717) is 12.0 Å². The summed E-state index contributed by atoms with van der Waals surface area (Å²) in [6, 6.07) is 6.64. The first-order chi connectivity index (χ1) is 6.25. The average molecular weight is 176 g/mol. The number of hydrogen-bond donors (Lipinski definition) is 1. The van der Waals surface area contributed by atoms with Gasteiger partial charge in [-0.15, -0.1) is 0 Å². The van der Waals surface area contributed by atoms with Crippen molar-refractivity contribution in [3.8, 4) is 0 Å². The first-order valence-corrected chi connectivity index (χ1v) is 4.95. The number of pyridine rings is 1. The monoisotopic (exact) mass is 176 g/mol. The lowest BCUT2D eigenvalue weighted by molar-refractivity contribution is 0.660. The first-order valence-electron chi connectivity index (χ1n) is 4.95. The first kappa shape index (κ1) is 8.70. The summed E-state index contributed by atoms with van der Waals surface area (Å²) in [5, 5.41) is 0. The lowest BCUT2D eigenvalue weighted by Gasteiger charge is -2.08. The SMILES string of the molecule is Cc1cccc(C2CCC(N)C2)n1. The highest BCUT2D eigenvalue weighted by molar-refractivity contribution is 5.15. The molecule has 0 radical (unpaired) electrons. The van der Waals surface area contributed by atoms with Crippen LogP contribution in [0.15, 0.2) is 18.2 Å². The molecule has 13 heavy (non-hydrogen) atoms. The second-order valence-electron chi connectivity index (χ2n) is 3.97. The predicted molar refractivity (Wildman–Crippen MR) is 53.5 cm³/mol. The Morgan fingerprint density at radius 3 is 2.85 bits per heavy atom. The maximum absolute atomic E-state index is 5.87. The molecule has 2 nitrogen and oxygen atoms in total. The highest BCUT2D eigenvalue weighted by atomic mass is 14.7. The van der Waals surface area contributed by atoms with Crippen LogP contribution >= 0.6 is 0 Å². The largest absolute Gasteiger partial charge is 0.328 e. The lowest BCUT2D eigenvalue weighted by Crippen LogP contribution is -2.14. The number of aromatic nitrogens is 1. The zero-order valence-electron chi connectivity index (χ0n) is 8.03. The normalized spacial score (nSPS) is 27.8. The fourth-order valence-corrected chi connectivity index (χ4v) is 2.08. The molecule has 0 aliphatic heterocycles. The molecule has 2 rings (SSSR count). The van der Waals surface area contributed by atoms with Crippen LogP contribution in [0.25, 0.3) is 0 Å². The van der Waals surface area contributed by atoms with Gasteiger partial charge < -0.3 is 5.73 Å². The van der Waals surface area contributed by atoms with Crippen molar-refractivity contribution in [2.75, 3.05) is 0 Å². The van der Waals surface area contributed by atoms with E-state index in [1.807, 2.05) is 13.0 Å². The molecule has 1 aromatic heterocycles. The summed E-state index contributed by atoms with van der Waals surface area (Å²) in [5.74, 6) is 0.606. The average Bonchev–Trinajstić information content (AvgIpc) is 2.52. The third kappa shape index (κ3) is 1.89. The van der Waals surface area contributed by atoms with Crippen LogP contribution in [-0.2, 0) is 0 Å². The maximum atomic E-state index is 5.87. The van der Waals surface area contributed by atoms with E-state index >= 15 is 0 Å². The van der Waals surface area contributed by atoms with E-state index in [4.69, 9.17) is 5.73 Å². The summed E-state index contributed by atoms with van der Waals surface area (Å²) in [7, 11) is 0. The van der Waals surface area contributed by atoms with Gasteiger partial charge in [-0.1, -0.05) is 6.07 Å². The second kappa shape index (κ2) is 3.46. The van der Waals surface area contributed by atoms with Crippen molar-refractivity contribution < 1.29 is 0 Å². The van der Waals surface area contributed by atoms with Crippen LogP contribution in [0.5, 0.6) is 0 Å². The minimum absolute atomic E-state index is 0.396. The van der Waals surface area contributed by atoms with Gasteiger partial charge in [-0.25, -0.2) is 0 Å². The molecule has 1 aromatic rings. The topological polar surface area (TPSA) is 38.9 Å². The third-order valence-electron chi connectivity index (χ3n) is 2.80. The zero-order chi connectivity index (χ0) is 9.26. The number of nitrogens with two attached hydrogens (primary N) is 1. The Balaban J connectivity index is 2.16. The Morgan fingerprint density at radius 2 is 2.23 bits per heavy atom. The highest BCUT2D eigenvalue weighted by Gasteiger charge is 2.23. The summed E-state index contributed by atoms with van der Waals surface area (Å²) in [5.41, 5.74) is 8.21. The number of hydrogen-bond acceptors (Lipinski definition) is 2. The summed E-state index contributed by atoms with van der Waals surface area (Å²) in [4.78, 5) is 4.53. The van der Waals surface area contributed by atoms with Crippen molar-refractivity contribution in [2.24, 2.45) is 5.73 Å². The van der Waals surface area contributed by atoms with Crippen molar-refractivity contribution in [1.82, 2.24) is 4.98 Å². The van der Waals surface area contributed by atoms with Crippen LogP contribution in [0.2, 0.25) is 0 Å². The molecular weight excluding hydrogens is 160 g/mol. The summed E-state index contributed by atoms with van der Waals surface area (Å²) in [6.07, 6.45) is 3.47. The van der Waals surface area contributed by atoms with Gasteiger partial charge in [-0.2, -0.15) is 0 Å². The molecule has 0 spiro atoms. The molecule has 2 atom stereocenters. The summed E-state index contributed by atoms with van der Waals surface area (Å²) >= 11 is 0. The van der Waals surface area contributed by atoms with Gasteiger partial charge in [-0.05, 0) is 38.3 Å². The Kier molecular flexibility index (Phi) is 2.32. The van der Waals surface area contributed by atoms with Gasteiger partial charge in [0.15, 0.2) is 0 Å². The molecule has 70 valence electrons. The maximum Gasteiger partial charge on any atom is 0.0438 e. The molecule has 1 saturated carbocycles. The van der Waals surface area contributed by atoms with Gasteiger partial charge in [0.05, 0.1) is 0 Å². The Bertz CT molecular complexity index is 296. The van der Waals surface area contributed by atoms with Crippen molar-refractivity contribution >= 4 is 0 Å². The number of nitrogens with zero attached hydrogens (tertiary/aromatic N) is 1. The molecule has 2 heteroatoms. The lowest BCUT2D eigenvalue weighted by atomic mass is 10.0. The van der Waals surface area contributed by atoms with Crippen LogP contribution in [-0.4, -0.2) is 11.0 Å². The van der Waals surface area contributed by atoms with Gasteiger partial charge in [0.1, 0.15) is 0 Å². The fraction of sp³-hybridized carbons (Fsp3) is 0.545. The molecule has 2 N–H and O–H groups in total. The van der Waals surface area contributed by atoms with E-state index < -0.39 is 0 Å². The second-order valence-corrected chi connectivity index (χ2v) is 3.97. The minimum atomic E-state index is 0.396. The van der Waals surface area contributed by atoms with Gasteiger partial charge in [0.2, 0.25) is 0 Å². The summed E-state index contributed by atoms with van der Waals surface area (Å²) in [6.45, 7) is 2.04. The smallest absolute Gasteiger partial charge is 0.0438 e. The zero-order valence-corrected chi connectivity index (χ0v) is 8.03.